The number of aryl methyl sites for hydroxylation is 1. The van der Waals surface area contributed by atoms with Crippen LogP contribution in [0.3, 0.4) is 0 Å². The van der Waals surface area contributed by atoms with Crippen LogP contribution in [0.4, 0.5) is 27.5 Å². The van der Waals surface area contributed by atoms with Gasteiger partial charge in [0.05, 0.1) is 63.5 Å². The number of ether oxygens (including phenoxy) is 4. The molecule has 0 fully saturated rings. The van der Waals surface area contributed by atoms with Gasteiger partial charge in [0.15, 0.2) is 0 Å². The lowest BCUT2D eigenvalue weighted by Crippen LogP contribution is -2.35. The number of nitrogens with zero attached hydrogens (tertiary/aromatic N) is 2. The molecular formula is C51H60N4O9S. The van der Waals surface area contributed by atoms with Crippen molar-refractivity contribution in [1.82, 2.24) is 0 Å². The Bertz CT molecular complexity index is 2730. The fraction of sp³-hybridized carbons (Fsp3) is 0.353. The van der Waals surface area contributed by atoms with Crippen molar-refractivity contribution in [2.45, 2.75) is 90.8 Å². The van der Waals surface area contributed by atoms with Crippen molar-refractivity contribution < 1.29 is 41.7 Å². The van der Waals surface area contributed by atoms with Crippen LogP contribution >= 0.6 is 0 Å². The average Bonchev–Trinajstić information content (AvgIpc) is 3.25. The summed E-state index contributed by atoms with van der Waals surface area (Å²) in [6.45, 7) is 15.2. The molecule has 0 heterocycles. The van der Waals surface area contributed by atoms with Crippen molar-refractivity contribution in [3.8, 4) is 30.4 Å². The molecule has 0 aliphatic rings. The van der Waals surface area contributed by atoms with Crippen molar-refractivity contribution in [1.29, 1.82) is 0 Å². The van der Waals surface area contributed by atoms with E-state index in [9.17, 15) is 22.8 Å². The van der Waals surface area contributed by atoms with Gasteiger partial charge in [-0.3, -0.25) is 19.6 Å². The fourth-order valence-electron chi connectivity index (χ4n) is 7.54. The Kier molecular flexibility index (Phi) is 17.3. The standard InChI is InChI=1S/C28H32N2O5S.C23H28N2O4/c1-8-15-30(19(3)17-27(31)35-7)25-14-13-24(22-11-9-10-12-23(22)25)29-36(32,33)28-18(2)16-26(34-6)20(4)21(28)5;1-7-14-25(16(2)15-21(26)28-6)20-13-12-19(17-10-8-9-11-18(17)20)24-22(27)29-23(3,4)5/h1,9-14,16,19,29H,15,17H2,2-7H3;1,8-13,16H,14-15H2,2-6H3,(H,24,27)/t19-;16-/m00/s1. The normalized spacial score (nSPS) is 12.0. The monoisotopic (exact) mass is 904 g/mol. The molecule has 13 nitrogen and oxygen atoms in total. The Morgan fingerprint density at radius 3 is 1.57 bits per heavy atom. The predicted octanol–water partition coefficient (Wildman–Crippen LogP) is 9.54. The number of rotatable bonds is 15. The Hall–Kier alpha value is -6.90. The molecule has 2 N–H and O–H groups in total. The van der Waals surface area contributed by atoms with E-state index >= 15 is 0 Å². The van der Waals surface area contributed by atoms with Crippen LogP contribution in [-0.4, -0.2) is 78.6 Å². The summed E-state index contributed by atoms with van der Waals surface area (Å²) in [6, 6.07) is 23.8. The van der Waals surface area contributed by atoms with Crippen LogP contribution in [0.15, 0.2) is 83.8 Å². The summed E-state index contributed by atoms with van der Waals surface area (Å²) in [4.78, 5) is 40.0. The Labute approximate surface area is 383 Å². The van der Waals surface area contributed by atoms with Gasteiger partial charge in [-0.15, -0.1) is 12.8 Å². The maximum atomic E-state index is 13.6. The fourth-order valence-corrected chi connectivity index (χ4v) is 9.15. The zero-order chi connectivity index (χ0) is 48.2. The highest BCUT2D eigenvalue weighted by molar-refractivity contribution is 7.92. The summed E-state index contributed by atoms with van der Waals surface area (Å²) in [7, 11) is 0.381. The first-order valence-electron chi connectivity index (χ1n) is 21.0. The molecule has 0 aromatic heterocycles. The Morgan fingerprint density at radius 1 is 0.692 bits per heavy atom. The first-order chi connectivity index (χ1) is 30.7. The first kappa shape index (κ1) is 50.7. The quantitative estimate of drug-likeness (QED) is 0.0587. The minimum Gasteiger partial charge on any atom is -0.496 e. The molecule has 65 heavy (non-hydrogen) atoms. The lowest BCUT2D eigenvalue weighted by atomic mass is 10.0. The number of nitrogens with one attached hydrogen (secondary N) is 2. The molecular weight excluding hydrogens is 845 g/mol. The zero-order valence-electron chi connectivity index (χ0n) is 39.1. The van der Waals surface area contributed by atoms with E-state index in [1.165, 1.54) is 14.2 Å². The number of methoxy groups -OCH3 is 3. The molecule has 0 spiro atoms. The van der Waals surface area contributed by atoms with E-state index in [2.05, 4.69) is 21.9 Å². The van der Waals surface area contributed by atoms with Crippen LogP contribution in [0.25, 0.3) is 21.5 Å². The molecule has 0 saturated heterocycles. The minimum atomic E-state index is -3.91. The summed E-state index contributed by atoms with van der Waals surface area (Å²) in [5.74, 6) is 5.33. The molecule has 5 aromatic carbocycles. The summed E-state index contributed by atoms with van der Waals surface area (Å²) in [5, 5.41) is 6.10. The molecule has 2 atom stereocenters. The number of esters is 2. The second-order valence-electron chi connectivity index (χ2n) is 16.5. The molecule has 1 amide bonds. The van der Waals surface area contributed by atoms with Crippen molar-refractivity contribution in [2.24, 2.45) is 0 Å². The van der Waals surface area contributed by atoms with Gasteiger partial charge < -0.3 is 28.7 Å². The van der Waals surface area contributed by atoms with Crippen LogP contribution in [-0.2, 0) is 33.8 Å². The first-order valence-corrected chi connectivity index (χ1v) is 22.4. The van der Waals surface area contributed by atoms with E-state index in [0.29, 0.717) is 40.2 Å². The Morgan fingerprint density at radius 2 is 1.14 bits per heavy atom. The number of hydrogen-bond acceptors (Lipinski definition) is 11. The SMILES string of the molecule is C#CCN(c1ccc(NC(=O)OC(C)(C)C)c2ccccc12)[C@@H](C)CC(=O)OC.C#CCN(c1ccc(NS(=O)(=O)c2c(C)cc(OC)c(C)c2C)c2ccccc12)[C@@H](C)CC(=O)OC. The predicted molar refractivity (Wildman–Crippen MR) is 260 cm³/mol. The third-order valence-corrected chi connectivity index (χ3v) is 12.4. The third kappa shape index (κ3) is 12.6. The summed E-state index contributed by atoms with van der Waals surface area (Å²) in [6.07, 6.45) is 11.1. The van der Waals surface area contributed by atoms with E-state index in [-0.39, 0.29) is 48.3 Å². The maximum absolute atomic E-state index is 13.6. The van der Waals surface area contributed by atoms with E-state index in [1.54, 1.807) is 33.1 Å². The lowest BCUT2D eigenvalue weighted by molar-refractivity contribution is -0.141. The zero-order valence-corrected chi connectivity index (χ0v) is 39.9. The van der Waals surface area contributed by atoms with Crippen molar-refractivity contribution in [3.63, 3.8) is 0 Å². The number of fused-ring (bicyclic) bond motifs is 2. The molecule has 5 rings (SSSR count). The molecule has 0 aliphatic carbocycles. The van der Waals surface area contributed by atoms with Crippen LogP contribution in [0.1, 0.15) is 64.2 Å². The van der Waals surface area contributed by atoms with Crippen LogP contribution in [0.5, 0.6) is 5.75 Å². The second-order valence-corrected chi connectivity index (χ2v) is 18.1. The van der Waals surface area contributed by atoms with Crippen LogP contribution in [0, 0.1) is 45.5 Å². The van der Waals surface area contributed by atoms with Gasteiger partial charge in [-0.1, -0.05) is 60.4 Å². The molecule has 0 aliphatic heterocycles. The highest BCUT2D eigenvalue weighted by Gasteiger charge is 2.26. The van der Waals surface area contributed by atoms with E-state index < -0.39 is 21.7 Å². The number of anilines is 4. The van der Waals surface area contributed by atoms with Gasteiger partial charge in [-0.25, -0.2) is 13.2 Å². The highest BCUT2D eigenvalue weighted by atomic mass is 32.2. The summed E-state index contributed by atoms with van der Waals surface area (Å²) < 4.78 is 50.3. The molecule has 14 heteroatoms. The second kappa shape index (κ2) is 22.1. The van der Waals surface area contributed by atoms with E-state index in [1.807, 2.05) is 118 Å². The number of carbonyl (C=O) groups is 3. The number of carbonyl (C=O) groups excluding carboxylic acids is 3. The van der Waals surface area contributed by atoms with E-state index in [4.69, 9.17) is 31.8 Å². The van der Waals surface area contributed by atoms with Crippen LogP contribution < -0.4 is 24.6 Å². The smallest absolute Gasteiger partial charge is 0.412 e. The van der Waals surface area contributed by atoms with Gasteiger partial charge in [0.1, 0.15) is 11.4 Å². The van der Waals surface area contributed by atoms with Gasteiger partial charge in [-0.05, 0) is 102 Å². The number of hydrogen-bond donors (Lipinski definition) is 2. The van der Waals surface area contributed by atoms with Gasteiger partial charge in [0, 0.05) is 45.0 Å². The van der Waals surface area contributed by atoms with Crippen LogP contribution in [0.2, 0.25) is 0 Å². The number of benzene rings is 5. The molecule has 344 valence electrons. The van der Waals surface area contributed by atoms with Gasteiger partial charge in [0.2, 0.25) is 0 Å². The molecule has 0 bridgehead atoms. The summed E-state index contributed by atoms with van der Waals surface area (Å²) in [5.41, 5.74) is 4.18. The molecule has 0 saturated carbocycles. The highest BCUT2D eigenvalue weighted by Crippen LogP contribution is 2.37. The number of terminal acetylenes is 2. The average molecular weight is 905 g/mol. The number of amides is 1. The third-order valence-electron chi connectivity index (χ3n) is 10.7. The molecule has 0 radical (unpaired) electrons. The van der Waals surface area contributed by atoms with Gasteiger partial charge >= 0.3 is 18.0 Å². The van der Waals surface area contributed by atoms with E-state index in [0.717, 1.165) is 33.1 Å². The number of sulfonamides is 1. The molecule has 0 unspecified atom stereocenters. The minimum absolute atomic E-state index is 0.161. The Balaban J connectivity index is 0.000000292. The summed E-state index contributed by atoms with van der Waals surface area (Å²) >= 11 is 0. The largest absolute Gasteiger partial charge is 0.496 e. The van der Waals surface area contributed by atoms with Crippen molar-refractivity contribution >= 4 is 72.3 Å². The maximum Gasteiger partial charge on any atom is 0.412 e. The van der Waals surface area contributed by atoms with Crippen molar-refractivity contribution in [3.05, 3.63) is 95.6 Å². The van der Waals surface area contributed by atoms with Gasteiger partial charge in [-0.2, -0.15) is 0 Å². The van der Waals surface area contributed by atoms with Gasteiger partial charge in [0.25, 0.3) is 10.0 Å². The lowest BCUT2D eigenvalue weighted by Gasteiger charge is -2.30. The van der Waals surface area contributed by atoms with Crippen molar-refractivity contribution in [2.75, 3.05) is 54.3 Å². The topological polar surface area (TPSA) is 153 Å². The molecule has 5 aromatic rings.